The molecule has 0 aromatic carbocycles. The van der Waals surface area contributed by atoms with Crippen LogP contribution in [0.5, 0.6) is 0 Å². The molecule has 4 aliphatic carbocycles. The van der Waals surface area contributed by atoms with Crippen LogP contribution in [-0.4, -0.2) is 42.4 Å². The van der Waals surface area contributed by atoms with Crippen LogP contribution in [0.3, 0.4) is 0 Å². The molecule has 6 atom stereocenters. The standard InChI is InChI=1S/C35H60O3SSi/c1-10-35(37,11-2)20-14-22-39-30(24-38-40(8,9)32(3,4)5)31-29(36)23-28-26-17-16-25-15-12-13-19-33(25,6)27(26)18-21-34(28,31)7/h16-17,27-28,30-31,37H,10-15,18-24H2,1-9H3/t27-,28-,30-,31+,33-,34-/m0/s1. The molecule has 228 valence electrons. The quantitative estimate of drug-likeness (QED) is 0.193. The van der Waals surface area contributed by atoms with Crippen LogP contribution < -0.4 is 0 Å². The number of carbonyl (C=O) groups excluding carboxylic acids is 1. The van der Waals surface area contributed by atoms with Gasteiger partial charge in [0.25, 0.3) is 0 Å². The first-order valence-corrected chi connectivity index (χ1v) is 20.5. The van der Waals surface area contributed by atoms with E-state index in [2.05, 4.69) is 73.7 Å². The van der Waals surface area contributed by atoms with Crippen molar-refractivity contribution >= 4 is 25.9 Å². The van der Waals surface area contributed by atoms with Crippen molar-refractivity contribution in [3.8, 4) is 0 Å². The summed E-state index contributed by atoms with van der Waals surface area (Å²) in [7, 11) is -1.94. The Labute approximate surface area is 251 Å². The van der Waals surface area contributed by atoms with E-state index in [1.807, 2.05) is 11.8 Å². The lowest BCUT2D eigenvalue weighted by Gasteiger charge is -2.54. The smallest absolute Gasteiger partial charge is 0.192 e. The van der Waals surface area contributed by atoms with E-state index in [-0.39, 0.29) is 21.6 Å². The second-order valence-electron chi connectivity index (χ2n) is 15.8. The highest BCUT2D eigenvalue weighted by Gasteiger charge is 2.60. The van der Waals surface area contributed by atoms with Crippen LogP contribution in [-0.2, 0) is 9.22 Å². The summed E-state index contributed by atoms with van der Waals surface area (Å²) in [5.41, 5.74) is 3.04. The highest BCUT2D eigenvalue weighted by molar-refractivity contribution is 7.99. The number of aliphatic hydroxyl groups is 1. The number of Topliss-reactive ketones (excluding diaryl/α,β-unsaturated/α-hetero) is 1. The van der Waals surface area contributed by atoms with Crippen molar-refractivity contribution in [3.63, 3.8) is 0 Å². The number of allylic oxidation sites excluding steroid dienone is 4. The number of carbonyl (C=O) groups is 1. The van der Waals surface area contributed by atoms with E-state index in [1.54, 1.807) is 11.1 Å². The van der Waals surface area contributed by atoms with Gasteiger partial charge >= 0.3 is 0 Å². The van der Waals surface area contributed by atoms with Crippen LogP contribution in [0.25, 0.3) is 0 Å². The third-order valence-corrected chi connectivity index (χ3v) is 18.5. The van der Waals surface area contributed by atoms with Crippen molar-refractivity contribution in [1.82, 2.24) is 0 Å². The fourth-order valence-corrected chi connectivity index (χ4v) is 11.1. The van der Waals surface area contributed by atoms with E-state index in [4.69, 9.17) is 4.43 Å². The maximum absolute atomic E-state index is 14.1. The molecule has 3 saturated carbocycles. The molecule has 3 nitrogen and oxygen atoms in total. The Morgan fingerprint density at radius 3 is 2.45 bits per heavy atom. The minimum absolute atomic E-state index is 0.0117. The van der Waals surface area contributed by atoms with Gasteiger partial charge in [-0.25, -0.2) is 0 Å². The molecule has 5 heteroatoms. The summed E-state index contributed by atoms with van der Waals surface area (Å²) >= 11 is 1.97. The summed E-state index contributed by atoms with van der Waals surface area (Å²) < 4.78 is 6.87. The largest absolute Gasteiger partial charge is 0.416 e. The molecule has 1 N–H and O–H groups in total. The molecule has 40 heavy (non-hydrogen) atoms. The molecule has 3 fully saturated rings. The van der Waals surface area contributed by atoms with Gasteiger partial charge in [0.2, 0.25) is 0 Å². The van der Waals surface area contributed by atoms with Crippen molar-refractivity contribution in [2.45, 2.75) is 148 Å². The SMILES string of the molecule is CCC(O)(CC)CCCS[C@@H](CO[Si](C)(C)C(C)(C)C)[C@H]1C(=O)C[C@H]2C3=CC=C4CCCC[C@]4(C)[C@H]3CC[C@]12C. The highest BCUT2D eigenvalue weighted by atomic mass is 32.2. The van der Waals surface area contributed by atoms with Gasteiger partial charge in [0.1, 0.15) is 5.78 Å². The molecule has 0 amide bonds. The Kier molecular flexibility index (Phi) is 9.73. The average Bonchev–Trinajstić information content (AvgIpc) is 3.17. The lowest BCUT2D eigenvalue weighted by molar-refractivity contribution is -0.122. The first-order chi connectivity index (χ1) is 18.6. The molecular formula is C35H60O3SSi. The summed E-state index contributed by atoms with van der Waals surface area (Å²) in [6.45, 7) is 21.4. The number of rotatable bonds is 11. The fourth-order valence-electron chi connectivity index (χ4n) is 8.50. The van der Waals surface area contributed by atoms with E-state index in [0.29, 0.717) is 36.1 Å². The average molecular weight is 589 g/mol. The first kappa shape index (κ1) is 32.5. The van der Waals surface area contributed by atoms with Crippen LogP contribution in [0, 0.1) is 28.6 Å². The lowest BCUT2D eigenvalue weighted by Crippen LogP contribution is -2.48. The highest BCUT2D eigenvalue weighted by Crippen LogP contribution is 2.65. The predicted octanol–water partition coefficient (Wildman–Crippen LogP) is 9.51. The van der Waals surface area contributed by atoms with Gasteiger partial charge in [-0.05, 0) is 104 Å². The molecular weight excluding hydrogens is 529 g/mol. The predicted molar refractivity (Wildman–Crippen MR) is 174 cm³/mol. The molecule has 4 aliphatic rings. The molecule has 0 bridgehead atoms. The molecule has 0 spiro atoms. The van der Waals surface area contributed by atoms with Crippen LogP contribution in [0.2, 0.25) is 18.1 Å². The first-order valence-electron chi connectivity index (χ1n) is 16.5. The second kappa shape index (κ2) is 12.0. The van der Waals surface area contributed by atoms with E-state index in [1.165, 1.54) is 32.1 Å². The number of hydrogen-bond acceptors (Lipinski definition) is 4. The van der Waals surface area contributed by atoms with Crippen molar-refractivity contribution in [1.29, 1.82) is 0 Å². The summed E-state index contributed by atoms with van der Waals surface area (Å²) in [4.78, 5) is 14.1. The monoisotopic (exact) mass is 588 g/mol. The maximum atomic E-state index is 14.1. The van der Waals surface area contributed by atoms with Gasteiger partial charge in [0, 0.05) is 24.2 Å². The third kappa shape index (κ3) is 6.02. The molecule has 0 aliphatic heterocycles. The van der Waals surface area contributed by atoms with E-state index >= 15 is 0 Å². The Balaban J connectivity index is 1.57. The molecule has 0 saturated heterocycles. The normalized spacial score (nSPS) is 33.5. The minimum atomic E-state index is -1.94. The van der Waals surface area contributed by atoms with Gasteiger partial charge in [-0.2, -0.15) is 11.8 Å². The van der Waals surface area contributed by atoms with Crippen molar-refractivity contribution in [3.05, 3.63) is 23.3 Å². The lowest BCUT2D eigenvalue weighted by atomic mass is 9.50. The van der Waals surface area contributed by atoms with Gasteiger partial charge in [-0.15, -0.1) is 0 Å². The van der Waals surface area contributed by atoms with Crippen molar-refractivity contribution in [2.24, 2.45) is 28.6 Å². The third-order valence-electron chi connectivity index (χ3n) is 12.6. The topological polar surface area (TPSA) is 46.5 Å². The van der Waals surface area contributed by atoms with E-state index in [9.17, 15) is 9.90 Å². The summed E-state index contributed by atoms with van der Waals surface area (Å²) in [5.74, 6) is 2.50. The van der Waals surface area contributed by atoms with Gasteiger partial charge < -0.3 is 9.53 Å². The molecule has 0 radical (unpaired) electrons. The number of thioether (sulfide) groups is 1. The van der Waals surface area contributed by atoms with Crippen molar-refractivity contribution in [2.75, 3.05) is 12.4 Å². The second-order valence-corrected chi connectivity index (χ2v) is 22.0. The molecule has 0 aromatic rings. The van der Waals surface area contributed by atoms with Gasteiger partial charge in [-0.1, -0.05) is 78.2 Å². The summed E-state index contributed by atoms with van der Waals surface area (Å²) in [6, 6.07) is 0. The number of ketones is 1. The Morgan fingerprint density at radius 2 is 1.80 bits per heavy atom. The molecule has 0 aromatic heterocycles. The molecule has 0 unspecified atom stereocenters. The van der Waals surface area contributed by atoms with E-state index in [0.717, 1.165) is 37.9 Å². The molecule has 0 heterocycles. The van der Waals surface area contributed by atoms with Gasteiger partial charge in [0.15, 0.2) is 8.32 Å². The van der Waals surface area contributed by atoms with Crippen LogP contribution in [0.15, 0.2) is 23.3 Å². The fraction of sp³-hybridized carbons (Fsp3) is 0.857. The maximum Gasteiger partial charge on any atom is 0.192 e. The summed E-state index contributed by atoms with van der Waals surface area (Å²) in [6.07, 6.45) is 16.7. The Hall–Kier alpha value is -0.363. The van der Waals surface area contributed by atoms with Gasteiger partial charge in [0.05, 0.1) is 5.60 Å². The summed E-state index contributed by atoms with van der Waals surface area (Å²) in [5, 5.41) is 11.2. The Morgan fingerprint density at radius 1 is 1.10 bits per heavy atom. The zero-order valence-corrected chi connectivity index (χ0v) is 29.1. The number of hydrogen-bond donors (Lipinski definition) is 1. The van der Waals surface area contributed by atoms with E-state index < -0.39 is 13.9 Å². The molecule has 4 rings (SSSR count). The van der Waals surface area contributed by atoms with Gasteiger partial charge in [-0.3, -0.25) is 4.79 Å². The van der Waals surface area contributed by atoms with Crippen LogP contribution >= 0.6 is 11.8 Å². The Bertz CT molecular complexity index is 989. The zero-order chi connectivity index (χ0) is 29.6. The number of fused-ring (bicyclic) bond motifs is 5. The van der Waals surface area contributed by atoms with Crippen molar-refractivity contribution < 1.29 is 14.3 Å². The zero-order valence-electron chi connectivity index (χ0n) is 27.3. The van der Waals surface area contributed by atoms with Crippen LogP contribution in [0.4, 0.5) is 0 Å². The van der Waals surface area contributed by atoms with Crippen LogP contribution in [0.1, 0.15) is 119 Å². The minimum Gasteiger partial charge on any atom is -0.416 e.